The van der Waals surface area contributed by atoms with Crippen LogP contribution in [0.4, 0.5) is 0 Å². The van der Waals surface area contributed by atoms with Crippen molar-refractivity contribution in [1.82, 2.24) is 0 Å². The van der Waals surface area contributed by atoms with Gasteiger partial charge in [0.05, 0.1) is 0 Å². The van der Waals surface area contributed by atoms with Crippen molar-refractivity contribution in [2.75, 3.05) is 0 Å². The average Bonchev–Trinajstić information content (AvgIpc) is 2.04. The third-order valence-corrected chi connectivity index (χ3v) is 3.30. The standard InChI is InChI=1S/C14H20Cl2/c1-13(2,3)9-7-12(16)10(8-11(9)15)14(4,5)6/h7-8H,1-6H3. The molecule has 0 aromatic heterocycles. The first-order chi connectivity index (χ1) is 7.03. The molecular formula is C14H20Cl2. The van der Waals surface area contributed by atoms with Crippen LogP contribution in [0.1, 0.15) is 52.7 Å². The fourth-order valence-corrected chi connectivity index (χ4v) is 2.59. The lowest BCUT2D eigenvalue weighted by atomic mass is 9.82. The Bertz CT molecular complexity index is 353. The predicted molar refractivity (Wildman–Crippen MR) is 73.9 cm³/mol. The topological polar surface area (TPSA) is 0 Å². The Hall–Kier alpha value is -0.200. The van der Waals surface area contributed by atoms with Crippen LogP contribution in [0.2, 0.25) is 10.0 Å². The Balaban J connectivity index is 3.40. The van der Waals surface area contributed by atoms with Gasteiger partial charge in [0.15, 0.2) is 0 Å². The fourth-order valence-electron chi connectivity index (χ4n) is 1.70. The number of benzene rings is 1. The fraction of sp³-hybridized carbons (Fsp3) is 0.571. The minimum absolute atomic E-state index is 0.0249. The van der Waals surface area contributed by atoms with E-state index < -0.39 is 0 Å². The molecule has 0 bridgehead atoms. The van der Waals surface area contributed by atoms with Crippen molar-refractivity contribution in [3.8, 4) is 0 Å². The highest BCUT2D eigenvalue weighted by atomic mass is 35.5. The Morgan fingerprint density at radius 2 is 0.938 bits per heavy atom. The van der Waals surface area contributed by atoms with Crippen molar-refractivity contribution >= 4 is 23.2 Å². The Morgan fingerprint density at radius 1 is 0.688 bits per heavy atom. The van der Waals surface area contributed by atoms with E-state index in [1.165, 1.54) is 0 Å². The molecule has 1 aromatic rings. The van der Waals surface area contributed by atoms with Crippen LogP contribution in [0.5, 0.6) is 0 Å². The van der Waals surface area contributed by atoms with Crippen molar-refractivity contribution < 1.29 is 0 Å². The van der Waals surface area contributed by atoms with Crippen LogP contribution in [-0.2, 0) is 10.8 Å². The van der Waals surface area contributed by atoms with Gasteiger partial charge in [-0.05, 0) is 34.1 Å². The summed E-state index contributed by atoms with van der Waals surface area (Å²) >= 11 is 12.7. The molecule has 16 heavy (non-hydrogen) atoms. The molecule has 1 rings (SSSR count). The molecule has 0 N–H and O–H groups in total. The Labute approximate surface area is 109 Å². The maximum absolute atomic E-state index is 6.33. The van der Waals surface area contributed by atoms with Crippen LogP contribution >= 0.6 is 23.2 Å². The van der Waals surface area contributed by atoms with E-state index in [1.807, 2.05) is 12.1 Å². The molecule has 0 heterocycles. The molecule has 0 spiro atoms. The van der Waals surface area contributed by atoms with Crippen LogP contribution in [0.3, 0.4) is 0 Å². The highest BCUT2D eigenvalue weighted by Gasteiger charge is 2.23. The van der Waals surface area contributed by atoms with Gasteiger partial charge in [-0.3, -0.25) is 0 Å². The highest BCUT2D eigenvalue weighted by Crippen LogP contribution is 2.38. The van der Waals surface area contributed by atoms with E-state index in [4.69, 9.17) is 23.2 Å². The molecule has 0 atom stereocenters. The van der Waals surface area contributed by atoms with Crippen LogP contribution in [0.15, 0.2) is 12.1 Å². The van der Waals surface area contributed by atoms with Gasteiger partial charge in [-0.25, -0.2) is 0 Å². The van der Waals surface area contributed by atoms with Crippen molar-refractivity contribution in [3.05, 3.63) is 33.3 Å². The summed E-state index contributed by atoms with van der Waals surface area (Å²) < 4.78 is 0. The van der Waals surface area contributed by atoms with Crippen LogP contribution in [0, 0.1) is 0 Å². The zero-order valence-corrected chi connectivity index (χ0v) is 12.4. The average molecular weight is 259 g/mol. The summed E-state index contributed by atoms with van der Waals surface area (Å²) in [7, 11) is 0. The summed E-state index contributed by atoms with van der Waals surface area (Å²) in [4.78, 5) is 0. The van der Waals surface area contributed by atoms with E-state index in [9.17, 15) is 0 Å². The molecule has 0 aliphatic heterocycles. The normalized spacial score (nSPS) is 13.0. The molecule has 0 saturated heterocycles. The zero-order chi connectivity index (χ0) is 12.7. The van der Waals surface area contributed by atoms with Gasteiger partial charge in [0.1, 0.15) is 0 Å². The van der Waals surface area contributed by atoms with Gasteiger partial charge in [-0.15, -0.1) is 0 Å². The van der Waals surface area contributed by atoms with E-state index in [-0.39, 0.29) is 10.8 Å². The minimum Gasteiger partial charge on any atom is -0.0840 e. The van der Waals surface area contributed by atoms with Gasteiger partial charge in [0.2, 0.25) is 0 Å². The molecule has 0 unspecified atom stereocenters. The molecule has 2 heteroatoms. The van der Waals surface area contributed by atoms with Gasteiger partial charge in [-0.2, -0.15) is 0 Å². The second kappa shape index (κ2) is 4.23. The molecule has 0 radical (unpaired) electrons. The van der Waals surface area contributed by atoms with Crippen molar-refractivity contribution in [3.63, 3.8) is 0 Å². The zero-order valence-electron chi connectivity index (χ0n) is 10.9. The van der Waals surface area contributed by atoms with Crippen molar-refractivity contribution in [2.24, 2.45) is 0 Å². The predicted octanol–water partition coefficient (Wildman–Crippen LogP) is 5.59. The number of hydrogen-bond acceptors (Lipinski definition) is 0. The maximum Gasteiger partial charge on any atom is 0.0447 e. The van der Waals surface area contributed by atoms with Crippen molar-refractivity contribution in [2.45, 2.75) is 52.4 Å². The Kier molecular flexibility index (Phi) is 3.67. The summed E-state index contributed by atoms with van der Waals surface area (Å²) in [5, 5.41) is 1.61. The largest absolute Gasteiger partial charge is 0.0840 e. The molecule has 0 amide bonds. The molecule has 0 aliphatic carbocycles. The highest BCUT2D eigenvalue weighted by molar-refractivity contribution is 6.34. The number of rotatable bonds is 0. The summed E-state index contributed by atoms with van der Waals surface area (Å²) in [6.07, 6.45) is 0. The molecule has 1 aromatic carbocycles. The first kappa shape index (κ1) is 13.9. The molecule has 0 aliphatic rings. The molecule has 0 saturated carbocycles. The third kappa shape index (κ3) is 2.93. The molecule has 0 fully saturated rings. The summed E-state index contributed by atoms with van der Waals surface area (Å²) in [6, 6.07) is 4.01. The first-order valence-corrected chi connectivity index (χ1v) is 6.29. The summed E-state index contributed by atoms with van der Waals surface area (Å²) in [5.74, 6) is 0. The smallest absolute Gasteiger partial charge is 0.0447 e. The monoisotopic (exact) mass is 258 g/mol. The second-order valence-electron chi connectivity index (χ2n) is 6.31. The minimum atomic E-state index is 0.0249. The number of hydrogen-bond donors (Lipinski definition) is 0. The number of halogens is 2. The lowest BCUT2D eigenvalue weighted by Crippen LogP contribution is -2.16. The van der Waals surface area contributed by atoms with E-state index >= 15 is 0 Å². The Morgan fingerprint density at radius 3 is 1.12 bits per heavy atom. The third-order valence-electron chi connectivity index (χ3n) is 2.67. The van der Waals surface area contributed by atoms with Gasteiger partial charge < -0.3 is 0 Å². The lowest BCUT2D eigenvalue weighted by molar-refractivity contribution is 0.577. The van der Waals surface area contributed by atoms with E-state index in [0.29, 0.717) is 0 Å². The van der Waals surface area contributed by atoms with Crippen LogP contribution < -0.4 is 0 Å². The quantitative estimate of drug-likeness (QED) is 0.569. The summed E-state index contributed by atoms with van der Waals surface area (Å²) in [6.45, 7) is 12.8. The van der Waals surface area contributed by atoms with E-state index in [1.54, 1.807) is 0 Å². The maximum atomic E-state index is 6.33. The van der Waals surface area contributed by atoms with Crippen molar-refractivity contribution in [1.29, 1.82) is 0 Å². The van der Waals surface area contributed by atoms with Gasteiger partial charge in [0, 0.05) is 10.0 Å². The SMILES string of the molecule is CC(C)(C)c1cc(Cl)c(C(C)(C)C)cc1Cl. The summed E-state index contributed by atoms with van der Waals surface area (Å²) in [5.41, 5.74) is 2.26. The van der Waals surface area contributed by atoms with Gasteiger partial charge in [0.25, 0.3) is 0 Å². The lowest BCUT2D eigenvalue weighted by Gasteiger charge is -2.26. The molecule has 0 nitrogen and oxygen atoms in total. The van der Waals surface area contributed by atoms with Gasteiger partial charge >= 0.3 is 0 Å². The van der Waals surface area contributed by atoms with Crippen LogP contribution in [0.25, 0.3) is 0 Å². The first-order valence-electron chi connectivity index (χ1n) is 5.53. The second-order valence-corrected chi connectivity index (χ2v) is 7.13. The molecule has 90 valence electrons. The van der Waals surface area contributed by atoms with Crippen LogP contribution in [-0.4, -0.2) is 0 Å². The molecular weight excluding hydrogens is 239 g/mol. The van der Waals surface area contributed by atoms with E-state index in [2.05, 4.69) is 41.5 Å². The van der Waals surface area contributed by atoms with Gasteiger partial charge in [-0.1, -0.05) is 64.7 Å². The van der Waals surface area contributed by atoms with E-state index in [0.717, 1.165) is 21.2 Å².